The first kappa shape index (κ1) is 17.1. The molecule has 2 heterocycles. The molecule has 24 heavy (non-hydrogen) atoms. The fraction of sp³-hybridized carbons (Fsp3) is 0.444. The molecule has 5 nitrogen and oxygen atoms in total. The zero-order valence-electron chi connectivity index (χ0n) is 13.9. The molecule has 6 heteroatoms. The predicted molar refractivity (Wildman–Crippen MR) is 96.7 cm³/mol. The third kappa shape index (κ3) is 3.53. The molecule has 0 bridgehead atoms. The molecule has 1 aromatic heterocycles. The molecular formula is C18H23ClN4O. The van der Waals surface area contributed by atoms with E-state index in [0.717, 1.165) is 42.2 Å². The van der Waals surface area contributed by atoms with Gasteiger partial charge in [0.05, 0.1) is 12.3 Å². The Bertz CT molecular complexity index is 674. The second-order valence-electron chi connectivity index (χ2n) is 6.00. The standard InChI is InChI=1S/C18H23ClN4O/c1-24-13-12-22-17-21-9-6-16(23-17)18(7-10-20-11-8-18)14-4-2-3-5-15(14)19/h2-6,9,20H,7-8,10-13H2,1H3,(H,21,22,23). The number of rotatable bonds is 6. The predicted octanol–water partition coefficient (Wildman–Crippen LogP) is 2.86. The van der Waals surface area contributed by atoms with Crippen LogP contribution in [0.4, 0.5) is 5.95 Å². The van der Waals surface area contributed by atoms with E-state index in [1.165, 1.54) is 0 Å². The molecule has 0 atom stereocenters. The van der Waals surface area contributed by atoms with E-state index in [2.05, 4.69) is 21.7 Å². The highest BCUT2D eigenvalue weighted by atomic mass is 35.5. The van der Waals surface area contributed by atoms with Gasteiger partial charge in [0.25, 0.3) is 0 Å². The molecular weight excluding hydrogens is 324 g/mol. The summed E-state index contributed by atoms with van der Waals surface area (Å²) in [6.45, 7) is 3.19. The topological polar surface area (TPSA) is 59.1 Å². The Kier molecular flexibility index (Phi) is 5.66. The van der Waals surface area contributed by atoms with E-state index in [0.29, 0.717) is 19.1 Å². The smallest absolute Gasteiger partial charge is 0.222 e. The average molecular weight is 347 g/mol. The summed E-state index contributed by atoms with van der Waals surface area (Å²) >= 11 is 6.54. The Morgan fingerprint density at radius 1 is 1.25 bits per heavy atom. The lowest BCUT2D eigenvalue weighted by Crippen LogP contribution is -2.41. The summed E-state index contributed by atoms with van der Waals surface area (Å²) in [5.41, 5.74) is 1.99. The lowest BCUT2D eigenvalue weighted by Gasteiger charge is -2.38. The number of anilines is 1. The van der Waals surface area contributed by atoms with Gasteiger partial charge < -0.3 is 15.4 Å². The van der Waals surface area contributed by atoms with E-state index in [1.54, 1.807) is 7.11 Å². The van der Waals surface area contributed by atoms with Gasteiger partial charge in [0, 0.05) is 30.3 Å². The molecule has 0 saturated carbocycles. The lowest BCUT2D eigenvalue weighted by atomic mass is 9.70. The number of ether oxygens (including phenoxy) is 1. The fourth-order valence-electron chi connectivity index (χ4n) is 3.34. The highest BCUT2D eigenvalue weighted by Gasteiger charge is 2.38. The maximum absolute atomic E-state index is 6.54. The second kappa shape index (κ2) is 7.92. The minimum Gasteiger partial charge on any atom is -0.383 e. The quantitative estimate of drug-likeness (QED) is 0.788. The molecule has 1 aliphatic rings. The number of nitrogens with one attached hydrogen (secondary N) is 2. The van der Waals surface area contributed by atoms with Crippen LogP contribution < -0.4 is 10.6 Å². The SMILES string of the molecule is COCCNc1nccc(C2(c3ccccc3Cl)CCNCC2)n1. The molecule has 0 unspecified atom stereocenters. The molecule has 1 saturated heterocycles. The van der Waals surface area contributed by atoms with Crippen molar-refractivity contribution >= 4 is 17.5 Å². The van der Waals surface area contributed by atoms with Crippen molar-refractivity contribution in [2.75, 3.05) is 38.7 Å². The summed E-state index contributed by atoms with van der Waals surface area (Å²) in [7, 11) is 1.68. The van der Waals surface area contributed by atoms with E-state index < -0.39 is 0 Å². The Morgan fingerprint density at radius 3 is 2.79 bits per heavy atom. The Labute approximate surface area is 147 Å². The van der Waals surface area contributed by atoms with Crippen molar-refractivity contribution in [3.8, 4) is 0 Å². The van der Waals surface area contributed by atoms with E-state index in [4.69, 9.17) is 21.3 Å². The van der Waals surface area contributed by atoms with Gasteiger partial charge in [-0.2, -0.15) is 0 Å². The molecule has 2 aromatic rings. The lowest BCUT2D eigenvalue weighted by molar-refractivity contribution is 0.210. The monoisotopic (exact) mass is 346 g/mol. The highest BCUT2D eigenvalue weighted by molar-refractivity contribution is 6.31. The van der Waals surface area contributed by atoms with Crippen molar-refractivity contribution < 1.29 is 4.74 Å². The van der Waals surface area contributed by atoms with Gasteiger partial charge in [-0.25, -0.2) is 9.97 Å². The van der Waals surface area contributed by atoms with Gasteiger partial charge in [-0.15, -0.1) is 0 Å². The summed E-state index contributed by atoms with van der Waals surface area (Å²) in [6.07, 6.45) is 3.74. The maximum Gasteiger partial charge on any atom is 0.222 e. The van der Waals surface area contributed by atoms with Gasteiger partial charge in [-0.1, -0.05) is 29.8 Å². The van der Waals surface area contributed by atoms with Gasteiger partial charge in [-0.3, -0.25) is 0 Å². The van der Waals surface area contributed by atoms with Gasteiger partial charge >= 0.3 is 0 Å². The van der Waals surface area contributed by atoms with Crippen LogP contribution in [0.2, 0.25) is 5.02 Å². The number of benzene rings is 1. The Balaban J connectivity index is 1.98. The number of hydrogen-bond donors (Lipinski definition) is 2. The van der Waals surface area contributed by atoms with E-state index in [-0.39, 0.29) is 5.41 Å². The van der Waals surface area contributed by atoms with E-state index >= 15 is 0 Å². The van der Waals surface area contributed by atoms with Gasteiger partial charge in [0.2, 0.25) is 5.95 Å². The van der Waals surface area contributed by atoms with Crippen LogP contribution in [-0.2, 0) is 10.2 Å². The zero-order valence-corrected chi connectivity index (χ0v) is 14.6. The van der Waals surface area contributed by atoms with Crippen molar-refractivity contribution in [2.45, 2.75) is 18.3 Å². The molecule has 0 spiro atoms. The summed E-state index contributed by atoms with van der Waals surface area (Å²) in [6, 6.07) is 10.1. The van der Waals surface area contributed by atoms with Crippen LogP contribution in [0.5, 0.6) is 0 Å². The number of methoxy groups -OCH3 is 1. The number of piperidine rings is 1. The van der Waals surface area contributed by atoms with Crippen molar-refractivity contribution in [1.82, 2.24) is 15.3 Å². The molecule has 1 aromatic carbocycles. The summed E-state index contributed by atoms with van der Waals surface area (Å²) < 4.78 is 5.07. The van der Waals surface area contributed by atoms with Gasteiger partial charge in [0.15, 0.2) is 0 Å². The largest absolute Gasteiger partial charge is 0.383 e. The third-order valence-electron chi connectivity index (χ3n) is 4.58. The zero-order chi connectivity index (χ0) is 16.8. The molecule has 1 fully saturated rings. The van der Waals surface area contributed by atoms with Crippen LogP contribution >= 0.6 is 11.6 Å². The second-order valence-corrected chi connectivity index (χ2v) is 6.40. The van der Waals surface area contributed by atoms with Crippen LogP contribution in [0.25, 0.3) is 0 Å². The fourth-order valence-corrected chi connectivity index (χ4v) is 3.66. The van der Waals surface area contributed by atoms with Gasteiger partial charge in [-0.05, 0) is 43.6 Å². The number of aromatic nitrogens is 2. The normalized spacial score (nSPS) is 16.8. The maximum atomic E-state index is 6.54. The van der Waals surface area contributed by atoms with Crippen molar-refractivity contribution in [3.63, 3.8) is 0 Å². The summed E-state index contributed by atoms with van der Waals surface area (Å²) in [4.78, 5) is 9.12. The van der Waals surface area contributed by atoms with Crippen LogP contribution in [0.15, 0.2) is 36.5 Å². The van der Waals surface area contributed by atoms with Gasteiger partial charge in [0.1, 0.15) is 0 Å². The molecule has 128 valence electrons. The third-order valence-corrected chi connectivity index (χ3v) is 4.91. The van der Waals surface area contributed by atoms with Crippen molar-refractivity contribution in [3.05, 3.63) is 52.8 Å². The molecule has 3 rings (SSSR count). The Hall–Kier alpha value is -1.69. The van der Waals surface area contributed by atoms with Crippen LogP contribution in [-0.4, -0.2) is 43.3 Å². The summed E-state index contributed by atoms with van der Waals surface area (Å²) in [5, 5.41) is 7.45. The average Bonchev–Trinajstić information content (AvgIpc) is 2.63. The minimum atomic E-state index is -0.176. The first-order chi connectivity index (χ1) is 11.8. The van der Waals surface area contributed by atoms with Crippen LogP contribution in [0.1, 0.15) is 24.1 Å². The van der Waals surface area contributed by atoms with Crippen LogP contribution in [0.3, 0.4) is 0 Å². The van der Waals surface area contributed by atoms with Crippen molar-refractivity contribution in [2.24, 2.45) is 0 Å². The Morgan fingerprint density at radius 2 is 2.04 bits per heavy atom. The molecule has 0 radical (unpaired) electrons. The molecule has 0 aliphatic carbocycles. The molecule has 1 aliphatic heterocycles. The number of hydrogen-bond acceptors (Lipinski definition) is 5. The van der Waals surface area contributed by atoms with Crippen LogP contribution in [0, 0.1) is 0 Å². The number of halogens is 1. The first-order valence-electron chi connectivity index (χ1n) is 8.28. The van der Waals surface area contributed by atoms with Crippen molar-refractivity contribution in [1.29, 1.82) is 0 Å². The first-order valence-corrected chi connectivity index (χ1v) is 8.66. The molecule has 0 amide bonds. The number of nitrogens with zero attached hydrogens (tertiary/aromatic N) is 2. The van der Waals surface area contributed by atoms with E-state index in [1.807, 2.05) is 30.5 Å². The summed E-state index contributed by atoms with van der Waals surface area (Å²) in [5.74, 6) is 0.634. The van der Waals surface area contributed by atoms with E-state index in [9.17, 15) is 0 Å². The molecule has 2 N–H and O–H groups in total. The minimum absolute atomic E-state index is 0.176. The highest BCUT2D eigenvalue weighted by Crippen LogP contribution is 2.42.